The second-order valence-electron chi connectivity index (χ2n) is 3.53. The van der Waals surface area contributed by atoms with Gasteiger partial charge in [-0.15, -0.1) is 11.3 Å². The van der Waals surface area contributed by atoms with Crippen molar-refractivity contribution in [2.75, 3.05) is 0 Å². The van der Waals surface area contributed by atoms with Gasteiger partial charge in [-0.25, -0.2) is 4.98 Å². The Kier molecular flexibility index (Phi) is 1.73. The number of fused-ring (bicyclic) bond motifs is 1. The largest absolute Gasteiger partial charge is 0.472 e. The first-order valence-corrected chi connectivity index (χ1v) is 5.55. The lowest BCUT2D eigenvalue weighted by Gasteiger charge is -1.89. The van der Waals surface area contributed by atoms with Crippen LogP contribution < -0.4 is 0 Å². The van der Waals surface area contributed by atoms with Crippen LogP contribution >= 0.6 is 11.3 Å². The first-order chi connectivity index (χ1) is 7.25. The van der Waals surface area contributed by atoms with Crippen LogP contribution in [-0.2, 0) is 0 Å². The van der Waals surface area contributed by atoms with Crippen LogP contribution in [0.4, 0.5) is 0 Å². The topological polar surface area (TPSA) is 30.4 Å². The van der Waals surface area contributed by atoms with Crippen LogP contribution in [0.15, 0.2) is 29.2 Å². The summed E-state index contributed by atoms with van der Waals surface area (Å²) >= 11 is 1.72. The highest BCUT2D eigenvalue weighted by Gasteiger charge is 2.10. The van der Waals surface area contributed by atoms with E-state index in [1.165, 1.54) is 10.6 Å². The van der Waals surface area contributed by atoms with Crippen molar-refractivity contribution in [3.05, 3.63) is 35.4 Å². The lowest BCUT2D eigenvalue weighted by molar-refractivity contribution is 0.568. The zero-order valence-electron chi connectivity index (χ0n) is 8.52. The summed E-state index contributed by atoms with van der Waals surface area (Å²) in [5.74, 6) is 0. The van der Waals surface area contributed by atoms with Gasteiger partial charge in [0.1, 0.15) is 0 Å². The molecule has 0 bridgehead atoms. The van der Waals surface area contributed by atoms with Crippen molar-refractivity contribution in [1.82, 2.24) is 9.38 Å². The molecule has 15 heavy (non-hydrogen) atoms. The van der Waals surface area contributed by atoms with Crippen molar-refractivity contribution in [2.24, 2.45) is 0 Å². The molecule has 0 aliphatic carbocycles. The average Bonchev–Trinajstić information content (AvgIpc) is 2.86. The number of rotatable bonds is 1. The third-order valence-electron chi connectivity index (χ3n) is 2.61. The van der Waals surface area contributed by atoms with Gasteiger partial charge in [0.25, 0.3) is 0 Å². The molecule has 3 heterocycles. The molecule has 0 atom stereocenters. The molecular weight excluding hydrogens is 208 g/mol. The summed E-state index contributed by atoms with van der Waals surface area (Å²) in [6.45, 7) is 4.23. The highest BCUT2D eigenvalue weighted by atomic mass is 32.1. The molecule has 0 aromatic carbocycles. The van der Waals surface area contributed by atoms with Gasteiger partial charge in [0.05, 0.1) is 18.2 Å². The molecule has 0 unspecified atom stereocenters. The summed E-state index contributed by atoms with van der Waals surface area (Å²) in [4.78, 5) is 6.92. The predicted molar refractivity (Wildman–Crippen MR) is 60.2 cm³/mol. The first kappa shape index (κ1) is 8.73. The van der Waals surface area contributed by atoms with Gasteiger partial charge < -0.3 is 4.42 Å². The fourth-order valence-electron chi connectivity index (χ4n) is 1.61. The molecule has 3 aromatic rings. The van der Waals surface area contributed by atoms with Gasteiger partial charge in [-0.1, -0.05) is 0 Å². The lowest BCUT2D eigenvalue weighted by Crippen LogP contribution is -1.81. The molecule has 3 rings (SSSR count). The number of thiazole rings is 1. The van der Waals surface area contributed by atoms with E-state index in [9.17, 15) is 0 Å². The van der Waals surface area contributed by atoms with Gasteiger partial charge in [0, 0.05) is 22.3 Å². The van der Waals surface area contributed by atoms with E-state index in [1.807, 2.05) is 6.07 Å². The third kappa shape index (κ3) is 1.22. The van der Waals surface area contributed by atoms with Crippen LogP contribution in [0.1, 0.15) is 10.6 Å². The molecule has 0 amide bonds. The molecule has 0 saturated carbocycles. The zero-order chi connectivity index (χ0) is 10.4. The Morgan fingerprint density at radius 1 is 1.40 bits per heavy atom. The summed E-state index contributed by atoms with van der Waals surface area (Å²) in [5.41, 5.74) is 3.26. The standard InChI is InChI=1S/C11H10N2OS/c1-7-8(2)15-11-12-10(5-13(7)11)9-3-4-14-6-9/h3-6H,1-2H3. The number of nitrogens with zero attached hydrogens (tertiary/aromatic N) is 2. The van der Waals surface area contributed by atoms with Crippen molar-refractivity contribution in [3.63, 3.8) is 0 Å². The Balaban J connectivity index is 2.24. The second-order valence-corrected chi connectivity index (χ2v) is 4.72. The Labute approximate surface area is 91.0 Å². The minimum atomic E-state index is 0.970. The van der Waals surface area contributed by atoms with Crippen LogP contribution in [0.5, 0.6) is 0 Å². The number of hydrogen-bond acceptors (Lipinski definition) is 3. The minimum Gasteiger partial charge on any atom is -0.472 e. The molecule has 0 radical (unpaired) electrons. The number of furan rings is 1. The van der Waals surface area contributed by atoms with Gasteiger partial charge in [-0.3, -0.25) is 4.40 Å². The van der Waals surface area contributed by atoms with Gasteiger partial charge in [0.2, 0.25) is 0 Å². The van der Waals surface area contributed by atoms with Crippen molar-refractivity contribution in [3.8, 4) is 11.3 Å². The Morgan fingerprint density at radius 3 is 2.93 bits per heavy atom. The quantitative estimate of drug-likeness (QED) is 0.627. The van der Waals surface area contributed by atoms with E-state index in [2.05, 4.69) is 29.4 Å². The second kappa shape index (κ2) is 2.97. The van der Waals surface area contributed by atoms with E-state index in [4.69, 9.17) is 4.42 Å². The zero-order valence-corrected chi connectivity index (χ0v) is 9.34. The van der Waals surface area contributed by atoms with Gasteiger partial charge >= 0.3 is 0 Å². The fourth-order valence-corrected chi connectivity index (χ4v) is 2.56. The van der Waals surface area contributed by atoms with Crippen molar-refractivity contribution in [2.45, 2.75) is 13.8 Å². The summed E-state index contributed by atoms with van der Waals surface area (Å²) in [6.07, 6.45) is 5.44. The Hall–Kier alpha value is -1.55. The summed E-state index contributed by atoms with van der Waals surface area (Å²) < 4.78 is 7.18. The summed E-state index contributed by atoms with van der Waals surface area (Å²) in [5, 5.41) is 0. The summed E-state index contributed by atoms with van der Waals surface area (Å²) in [6, 6.07) is 1.93. The molecule has 4 heteroatoms. The summed E-state index contributed by atoms with van der Waals surface area (Å²) in [7, 11) is 0. The Bertz CT molecular complexity index is 604. The maximum absolute atomic E-state index is 5.05. The van der Waals surface area contributed by atoms with Gasteiger partial charge in [-0.2, -0.15) is 0 Å². The van der Waals surface area contributed by atoms with Gasteiger partial charge in [-0.05, 0) is 19.9 Å². The number of hydrogen-bond donors (Lipinski definition) is 0. The van der Waals surface area contributed by atoms with E-state index in [1.54, 1.807) is 23.9 Å². The van der Waals surface area contributed by atoms with Crippen LogP contribution in [0, 0.1) is 13.8 Å². The number of aryl methyl sites for hydroxylation is 2. The third-order valence-corrected chi connectivity index (χ3v) is 3.68. The van der Waals surface area contributed by atoms with E-state index in [0.29, 0.717) is 0 Å². The van der Waals surface area contributed by atoms with Crippen LogP contribution in [0.3, 0.4) is 0 Å². The molecule has 0 saturated heterocycles. The number of imidazole rings is 1. The normalized spacial score (nSPS) is 11.3. The first-order valence-electron chi connectivity index (χ1n) is 4.73. The van der Waals surface area contributed by atoms with Crippen LogP contribution in [-0.4, -0.2) is 9.38 Å². The van der Waals surface area contributed by atoms with E-state index < -0.39 is 0 Å². The Morgan fingerprint density at radius 2 is 2.27 bits per heavy atom. The molecule has 76 valence electrons. The molecule has 3 aromatic heterocycles. The molecule has 0 fully saturated rings. The van der Waals surface area contributed by atoms with Crippen LogP contribution in [0.25, 0.3) is 16.2 Å². The minimum absolute atomic E-state index is 0.970. The molecule has 3 nitrogen and oxygen atoms in total. The fraction of sp³-hybridized carbons (Fsp3) is 0.182. The SMILES string of the molecule is Cc1sc2nc(-c3ccoc3)cn2c1C. The average molecular weight is 218 g/mol. The smallest absolute Gasteiger partial charge is 0.194 e. The van der Waals surface area contributed by atoms with Crippen molar-refractivity contribution < 1.29 is 4.42 Å². The predicted octanol–water partition coefficient (Wildman–Crippen LogP) is 3.27. The van der Waals surface area contributed by atoms with Crippen molar-refractivity contribution >= 4 is 16.3 Å². The van der Waals surface area contributed by atoms with Crippen LogP contribution in [0.2, 0.25) is 0 Å². The maximum atomic E-state index is 5.05. The van der Waals surface area contributed by atoms with Gasteiger partial charge in [0.15, 0.2) is 4.96 Å². The molecule has 0 aliphatic rings. The van der Waals surface area contributed by atoms with E-state index >= 15 is 0 Å². The molecule has 0 spiro atoms. The highest BCUT2D eigenvalue weighted by Crippen LogP contribution is 2.26. The lowest BCUT2D eigenvalue weighted by atomic mass is 10.3. The van der Waals surface area contributed by atoms with E-state index in [-0.39, 0.29) is 0 Å². The molecule has 0 aliphatic heterocycles. The molecule has 0 N–H and O–H groups in total. The maximum Gasteiger partial charge on any atom is 0.194 e. The molecular formula is C11H10N2OS. The van der Waals surface area contributed by atoms with Crippen molar-refractivity contribution in [1.29, 1.82) is 0 Å². The number of aromatic nitrogens is 2. The highest BCUT2D eigenvalue weighted by molar-refractivity contribution is 7.17. The monoisotopic (exact) mass is 218 g/mol. The van der Waals surface area contributed by atoms with E-state index in [0.717, 1.165) is 16.2 Å².